The number of nitrogens with one attached hydrogen (secondary N) is 1. The number of amidine groups is 1. The van der Waals surface area contributed by atoms with Gasteiger partial charge in [-0.1, -0.05) is 6.92 Å². The fraction of sp³-hybridized carbons (Fsp3) is 0.318. The third kappa shape index (κ3) is 7.10. The molecule has 1 aromatic heterocycles. The van der Waals surface area contributed by atoms with Crippen LogP contribution in [0.3, 0.4) is 0 Å². The van der Waals surface area contributed by atoms with Crippen LogP contribution >= 0.6 is 11.3 Å². The monoisotopic (exact) mass is 493 g/mol. The summed E-state index contributed by atoms with van der Waals surface area (Å²) in [6.45, 7) is 1.84. The van der Waals surface area contributed by atoms with E-state index in [4.69, 9.17) is 21.0 Å². The number of ether oxygens (including phenoxy) is 1. The number of carbonyl (C=O) groups excluding carboxylic acids is 2. The quantitative estimate of drug-likeness (QED) is 0.151. The Hall–Kier alpha value is -3.80. The van der Waals surface area contributed by atoms with Gasteiger partial charge in [0.2, 0.25) is 5.91 Å². The number of carboxylic acid groups (broad SMARTS) is 2. The van der Waals surface area contributed by atoms with Crippen molar-refractivity contribution in [3.63, 3.8) is 0 Å². The summed E-state index contributed by atoms with van der Waals surface area (Å²) in [5, 5.41) is 25.6. The van der Waals surface area contributed by atoms with Crippen LogP contribution in [0.2, 0.25) is 0 Å². The first kappa shape index (κ1) is 26.5. The second-order valence-corrected chi connectivity index (χ2v) is 8.42. The van der Waals surface area contributed by atoms with Crippen LogP contribution in [0.5, 0.6) is 5.75 Å². The molecule has 12 heteroatoms. The molecule has 0 fully saturated rings. The number of hydrogen-bond acceptors (Lipinski definition) is 7. The molecular formula is C22H24FN3O7S. The van der Waals surface area contributed by atoms with E-state index in [1.165, 1.54) is 18.2 Å². The fourth-order valence-electron chi connectivity index (χ4n) is 3.09. The van der Waals surface area contributed by atoms with E-state index in [1.54, 1.807) is 13.0 Å². The van der Waals surface area contributed by atoms with Crippen molar-refractivity contribution >= 4 is 41.0 Å². The van der Waals surface area contributed by atoms with Crippen LogP contribution in [-0.4, -0.2) is 57.4 Å². The minimum atomic E-state index is -1.47. The van der Waals surface area contributed by atoms with Gasteiger partial charge in [0, 0.05) is 23.4 Å². The fourth-order valence-corrected chi connectivity index (χ4v) is 3.97. The van der Waals surface area contributed by atoms with Crippen LogP contribution in [0.4, 0.5) is 4.39 Å². The van der Waals surface area contributed by atoms with Crippen LogP contribution in [-0.2, 0) is 20.8 Å². The maximum absolute atomic E-state index is 14.1. The highest BCUT2D eigenvalue weighted by atomic mass is 32.1. The highest BCUT2D eigenvalue weighted by molar-refractivity contribution is 7.13. The van der Waals surface area contributed by atoms with E-state index in [0.29, 0.717) is 11.3 Å². The number of amides is 1. The van der Waals surface area contributed by atoms with Crippen molar-refractivity contribution in [3.8, 4) is 5.75 Å². The van der Waals surface area contributed by atoms with E-state index in [1.807, 2.05) is 0 Å². The zero-order chi connectivity index (χ0) is 25.4. The lowest BCUT2D eigenvalue weighted by Gasteiger charge is -2.27. The lowest BCUT2D eigenvalue weighted by atomic mass is 10.1. The van der Waals surface area contributed by atoms with E-state index in [9.17, 15) is 28.7 Å². The number of esters is 1. The van der Waals surface area contributed by atoms with Gasteiger partial charge in [-0.05, 0) is 43.2 Å². The topological polar surface area (TPSA) is 171 Å². The molecule has 182 valence electrons. The Labute approximate surface area is 198 Å². The molecule has 0 aliphatic heterocycles. The number of nitrogens with two attached hydrogens (primary N) is 1. The van der Waals surface area contributed by atoms with Crippen LogP contribution in [0, 0.1) is 11.2 Å². The maximum Gasteiger partial charge on any atom is 0.353 e. The molecule has 1 atom stereocenters. The van der Waals surface area contributed by atoms with Crippen molar-refractivity contribution in [1.29, 1.82) is 5.41 Å². The molecule has 0 radical (unpaired) electrons. The number of nitrogen functional groups attached to an aromatic ring is 1. The highest BCUT2D eigenvalue weighted by Gasteiger charge is 2.31. The Balaban J connectivity index is 2.03. The van der Waals surface area contributed by atoms with Crippen molar-refractivity contribution in [2.24, 2.45) is 5.73 Å². The Morgan fingerprint density at radius 3 is 2.47 bits per heavy atom. The summed E-state index contributed by atoms with van der Waals surface area (Å²) in [4.78, 5) is 49.3. The molecule has 0 unspecified atom stereocenters. The SMILES string of the molecule is CCCN(C(=O)CCc1ccc(C(=O)Oc2ccc(C(=N)N)cc2F)s1)[C@@H](CC(=O)O)C(=O)O. The summed E-state index contributed by atoms with van der Waals surface area (Å²) in [6.07, 6.45) is -0.147. The van der Waals surface area contributed by atoms with E-state index < -0.39 is 42.1 Å². The van der Waals surface area contributed by atoms with Gasteiger partial charge < -0.3 is 25.6 Å². The van der Waals surface area contributed by atoms with Gasteiger partial charge >= 0.3 is 17.9 Å². The number of carbonyl (C=O) groups is 4. The molecule has 34 heavy (non-hydrogen) atoms. The molecule has 1 amide bonds. The number of carboxylic acids is 2. The lowest BCUT2D eigenvalue weighted by Crippen LogP contribution is -2.46. The normalized spacial score (nSPS) is 11.5. The van der Waals surface area contributed by atoms with Crippen molar-refractivity contribution in [2.75, 3.05) is 6.54 Å². The number of aryl methyl sites for hydroxylation is 1. The average molecular weight is 494 g/mol. The summed E-state index contributed by atoms with van der Waals surface area (Å²) in [7, 11) is 0. The van der Waals surface area contributed by atoms with Crippen LogP contribution in [0.25, 0.3) is 0 Å². The minimum absolute atomic E-state index is 0.0838. The van der Waals surface area contributed by atoms with Crippen molar-refractivity contribution < 1.29 is 38.5 Å². The first-order valence-electron chi connectivity index (χ1n) is 10.2. The predicted octanol–water partition coefficient (Wildman–Crippen LogP) is 2.49. The average Bonchev–Trinajstić information content (AvgIpc) is 3.24. The molecule has 1 aromatic carbocycles. The number of hydrogen-bond donors (Lipinski definition) is 4. The number of halogens is 1. The molecule has 5 N–H and O–H groups in total. The second-order valence-electron chi connectivity index (χ2n) is 7.25. The Morgan fingerprint density at radius 2 is 1.91 bits per heavy atom. The second kappa shape index (κ2) is 11.9. The third-order valence-corrected chi connectivity index (χ3v) is 5.83. The van der Waals surface area contributed by atoms with E-state index in [2.05, 4.69) is 0 Å². The molecule has 1 heterocycles. The third-order valence-electron chi connectivity index (χ3n) is 4.71. The van der Waals surface area contributed by atoms with Gasteiger partial charge in [-0.15, -0.1) is 11.3 Å². The molecule has 0 bridgehead atoms. The first-order valence-corrected chi connectivity index (χ1v) is 11.0. The maximum atomic E-state index is 14.1. The molecule has 0 spiro atoms. The summed E-state index contributed by atoms with van der Waals surface area (Å²) < 4.78 is 19.2. The molecule has 0 saturated carbocycles. The van der Waals surface area contributed by atoms with Crippen molar-refractivity contribution in [2.45, 2.75) is 38.6 Å². The van der Waals surface area contributed by atoms with Gasteiger partial charge in [0.15, 0.2) is 11.6 Å². The standard InChI is InChI=1S/C22H24FN3O7S/c1-2-9-26(15(21(30)31)11-19(28)29)18(27)8-5-13-4-7-17(34-13)22(32)33-16-6-3-12(20(24)25)10-14(16)23/h3-4,6-7,10,15H,2,5,8-9,11H2,1H3,(H3,24,25)(H,28,29)(H,30,31)/t15-/m0/s1. The Bertz CT molecular complexity index is 1100. The summed E-state index contributed by atoms with van der Waals surface area (Å²) in [6, 6.07) is 5.10. The number of aliphatic carboxylic acids is 2. The Kier molecular flexibility index (Phi) is 9.25. The van der Waals surface area contributed by atoms with E-state index in [-0.39, 0.29) is 41.4 Å². The summed E-state index contributed by atoms with van der Waals surface area (Å²) in [5.74, 6) is -5.55. The highest BCUT2D eigenvalue weighted by Crippen LogP contribution is 2.23. The van der Waals surface area contributed by atoms with Gasteiger partial charge in [-0.3, -0.25) is 15.0 Å². The largest absolute Gasteiger partial charge is 0.481 e. The number of benzene rings is 1. The number of rotatable bonds is 12. The Morgan fingerprint density at radius 1 is 1.21 bits per heavy atom. The molecule has 2 rings (SSSR count). The van der Waals surface area contributed by atoms with Crippen LogP contribution in [0.1, 0.15) is 46.3 Å². The smallest absolute Gasteiger partial charge is 0.353 e. The van der Waals surface area contributed by atoms with Crippen LogP contribution < -0.4 is 10.5 Å². The van der Waals surface area contributed by atoms with Gasteiger partial charge in [-0.25, -0.2) is 14.0 Å². The minimum Gasteiger partial charge on any atom is -0.481 e. The van der Waals surface area contributed by atoms with Gasteiger partial charge in [-0.2, -0.15) is 0 Å². The van der Waals surface area contributed by atoms with Gasteiger partial charge in [0.1, 0.15) is 16.8 Å². The van der Waals surface area contributed by atoms with E-state index >= 15 is 0 Å². The molecule has 0 aliphatic rings. The van der Waals surface area contributed by atoms with Crippen molar-refractivity contribution in [1.82, 2.24) is 4.90 Å². The summed E-state index contributed by atoms with van der Waals surface area (Å²) >= 11 is 1.03. The molecule has 0 saturated heterocycles. The first-order chi connectivity index (χ1) is 16.0. The lowest BCUT2D eigenvalue weighted by molar-refractivity contribution is -0.154. The van der Waals surface area contributed by atoms with Gasteiger partial charge in [0.05, 0.1) is 6.42 Å². The van der Waals surface area contributed by atoms with E-state index in [0.717, 1.165) is 22.3 Å². The number of thiophene rings is 1. The molecule has 2 aromatic rings. The molecule has 10 nitrogen and oxygen atoms in total. The summed E-state index contributed by atoms with van der Waals surface area (Å²) in [5.41, 5.74) is 5.44. The van der Waals surface area contributed by atoms with Crippen molar-refractivity contribution in [3.05, 3.63) is 51.5 Å². The van der Waals surface area contributed by atoms with Crippen LogP contribution in [0.15, 0.2) is 30.3 Å². The zero-order valence-electron chi connectivity index (χ0n) is 18.2. The van der Waals surface area contributed by atoms with Gasteiger partial charge in [0.25, 0.3) is 0 Å². The molecule has 0 aliphatic carbocycles. The number of nitrogens with zero attached hydrogens (tertiary/aromatic N) is 1. The predicted molar refractivity (Wildman–Crippen MR) is 121 cm³/mol. The molecular weight excluding hydrogens is 469 g/mol. The zero-order valence-corrected chi connectivity index (χ0v) is 19.1.